The maximum absolute atomic E-state index is 14.3. The fourth-order valence-corrected chi connectivity index (χ4v) is 24.4. The van der Waals surface area contributed by atoms with Crippen molar-refractivity contribution in [1.82, 2.24) is 0 Å². The van der Waals surface area contributed by atoms with Gasteiger partial charge in [0.2, 0.25) is 0 Å². The van der Waals surface area contributed by atoms with Crippen molar-refractivity contribution in [3.05, 3.63) is 360 Å². The zero-order chi connectivity index (χ0) is 102. The number of esters is 2. The Morgan fingerprint density at radius 1 is 0.194 bits per heavy atom. The molecule has 30 rings (SSSR count). The van der Waals surface area contributed by atoms with Gasteiger partial charge >= 0.3 is 11.9 Å². The van der Waals surface area contributed by atoms with E-state index in [9.17, 15) is 47.9 Å². The second-order valence-corrected chi connectivity index (χ2v) is 41.9. The Hall–Kier alpha value is -14.7. The van der Waals surface area contributed by atoms with Gasteiger partial charge in [0, 0.05) is 126 Å². The van der Waals surface area contributed by atoms with E-state index in [4.69, 9.17) is 9.47 Å². The molecule has 4 aliphatic carbocycles. The van der Waals surface area contributed by atoms with E-state index in [1.165, 1.54) is 72.5 Å². The molecule has 24 bridgehead atoms. The van der Waals surface area contributed by atoms with Crippen molar-refractivity contribution in [3.8, 4) is 11.5 Å². The average Bonchev–Trinajstić information content (AvgIpc) is 0.758. The van der Waals surface area contributed by atoms with Crippen LogP contribution >= 0.6 is 0 Å². The van der Waals surface area contributed by atoms with E-state index >= 15 is 0 Å². The summed E-state index contributed by atoms with van der Waals surface area (Å²) in [5, 5.41) is 25.4. The highest BCUT2D eigenvalue weighted by Crippen LogP contribution is 2.54. The van der Waals surface area contributed by atoms with Gasteiger partial charge < -0.3 is 52.0 Å². The van der Waals surface area contributed by atoms with Crippen molar-refractivity contribution in [1.29, 1.82) is 0 Å². The van der Waals surface area contributed by atoms with Gasteiger partial charge in [-0.1, -0.05) is 186 Å². The van der Waals surface area contributed by atoms with E-state index in [1.807, 2.05) is 111 Å². The predicted molar refractivity (Wildman–Crippen MR) is 575 cm³/mol. The molecule has 144 heavy (non-hydrogen) atoms. The molecule has 18 aliphatic rings. The van der Waals surface area contributed by atoms with Crippen LogP contribution in [-0.4, -0.2) is 59.2 Å². The summed E-state index contributed by atoms with van der Waals surface area (Å²) in [5.74, 6) is -3.93. The standard InChI is InChI=1S/2C62H66N4O6/c2*1-35-23-48-24-36(2)53(35)63-57(68)44-17-16-18-45(31-44)58(69)64-54-37(3)25-49(26-38(54)4)62(21-14-11-15-22-62)51-29-41(7)56(42(8)30-51)66-60(71)47-32-46(33-52(34-47)72-43(9)67)59(70)65-55-39(5)27-50(28-40(55)6)61(48)19-12-10-13-20-61/h2*16-18,23-34H,10-15,19-22H2,1-9H3,(H,63,68)(H,64,69)(H,65,70)(H,66,71). The minimum atomic E-state index is -0.574. The molecule has 20 nitrogen and oxygen atoms in total. The molecular weight excluding hydrogens is 1790 g/mol. The molecule has 14 aliphatic heterocycles. The van der Waals surface area contributed by atoms with Crippen LogP contribution in [0, 0.1) is 111 Å². The monoisotopic (exact) mass is 1920 g/mol. The highest BCUT2D eigenvalue weighted by Gasteiger charge is 2.43. The van der Waals surface area contributed by atoms with E-state index in [-0.39, 0.29) is 79.0 Å². The lowest BCUT2D eigenvalue weighted by Gasteiger charge is -2.40. The fourth-order valence-electron chi connectivity index (χ4n) is 24.4. The molecule has 12 aromatic carbocycles. The Kier molecular flexibility index (Phi) is 28.7. The number of carbonyl (C=O) groups excluding carboxylic acids is 10. The first-order chi connectivity index (χ1) is 68.7. The van der Waals surface area contributed by atoms with Crippen LogP contribution in [-0.2, 0) is 31.2 Å². The number of aryl methyl sites for hydroxylation is 16. The third kappa shape index (κ3) is 20.2. The second-order valence-electron chi connectivity index (χ2n) is 41.9. The van der Waals surface area contributed by atoms with Crippen molar-refractivity contribution in [2.24, 2.45) is 0 Å². The van der Waals surface area contributed by atoms with Gasteiger partial charge in [0.25, 0.3) is 47.3 Å². The first-order valence-electron chi connectivity index (χ1n) is 51.0. The highest BCUT2D eigenvalue weighted by molar-refractivity contribution is 6.14. The number of carbonyl (C=O) groups is 10. The third-order valence-corrected chi connectivity index (χ3v) is 31.6. The molecule has 0 radical (unpaired) electrons. The second kappa shape index (κ2) is 41.0. The van der Waals surface area contributed by atoms with Gasteiger partial charge in [0.05, 0.1) is 0 Å². The van der Waals surface area contributed by atoms with Gasteiger partial charge in [-0.25, -0.2) is 0 Å². The summed E-state index contributed by atoms with van der Waals surface area (Å²) in [6, 6.07) is 57.8. The summed E-state index contributed by atoms with van der Waals surface area (Å²) in [5.41, 5.74) is 30.6. The van der Waals surface area contributed by atoms with Crippen LogP contribution in [0.2, 0.25) is 0 Å². The molecule has 0 unspecified atom stereocenters. The van der Waals surface area contributed by atoms with E-state index in [0.29, 0.717) is 45.0 Å². The van der Waals surface area contributed by atoms with Crippen molar-refractivity contribution < 1.29 is 57.4 Å². The van der Waals surface area contributed by atoms with Crippen LogP contribution in [0.3, 0.4) is 0 Å². The van der Waals surface area contributed by atoms with Gasteiger partial charge in [-0.2, -0.15) is 0 Å². The van der Waals surface area contributed by atoms with E-state index in [2.05, 4.69) is 140 Å². The highest BCUT2D eigenvalue weighted by atomic mass is 16.5. The molecule has 20 heteroatoms. The van der Waals surface area contributed by atoms with Gasteiger partial charge in [-0.15, -0.1) is 0 Å². The lowest BCUT2D eigenvalue weighted by molar-refractivity contribution is -0.132. The van der Waals surface area contributed by atoms with Gasteiger partial charge in [0.15, 0.2) is 0 Å². The van der Waals surface area contributed by atoms with E-state index < -0.39 is 35.6 Å². The summed E-state index contributed by atoms with van der Waals surface area (Å²) < 4.78 is 11.1. The molecule has 14 heterocycles. The molecule has 8 N–H and O–H groups in total. The number of amides is 8. The maximum atomic E-state index is 14.3. The minimum Gasteiger partial charge on any atom is -0.427 e. The fraction of sp³-hybridized carbons (Fsp3) is 0.339. The Morgan fingerprint density at radius 2 is 0.326 bits per heavy atom. The van der Waals surface area contributed by atoms with Crippen LogP contribution in [0.5, 0.6) is 11.5 Å². The largest absolute Gasteiger partial charge is 0.427 e. The SMILES string of the molecule is CC(=O)Oc1cc2cc(c1)C(=O)Nc1c(C)cc(cc1C)C1(CCCCC1)c1cc(C)c(c(C)c1)NC(=O)c1cccc(c1)C(=O)Nc1c(C)cc(cc1C)C1(CCCCC1)c1cc(C)c(c(C)c1)NC2=O.CC(=O)Oc1cc2cc(c1)C(=O)Nc1c(C)cc(cc1C)C1(CCCCC1)c1cc(C)c(c(C)c1)NC(=O)c1cccc(c1)C(=O)Nc1c(C)cc(cc1C)C1(CCCCC1)c1cc(C)c(c(C)c1)NC2=O. The topological polar surface area (TPSA) is 285 Å². The minimum absolute atomic E-state index is 0.0877. The Labute approximate surface area is 845 Å². The average molecular weight is 1930 g/mol. The summed E-state index contributed by atoms with van der Waals surface area (Å²) in [7, 11) is 0. The van der Waals surface area contributed by atoms with Crippen LogP contribution in [0.25, 0.3) is 0 Å². The number of hydrogen-bond acceptors (Lipinski definition) is 12. The number of ether oxygens (including phenoxy) is 2. The van der Waals surface area contributed by atoms with E-state index in [0.717, 1.165) is 262 Å². The number of rotatable bonds is 2. The molecule has 740 valence electrons. The normalized spacial score (nSPS) is 16.7. The molecule has 0 aromatic heterocycles. The molecule has 0 saturated heterocycles. The first kappa shape index (κ1) is 101. The van der Waals surface area contributed by atoms with Crippen LogP contribution in [0.15, 0.2) is 182 Å². The molecule has 4 fully saturated rings. The molecular formula is C124H132N8O12. The molecule has 8 amide bonds. The van der Waals surface area contributed by atoms with Crippen molar-refractivity contribution in [3.63, 3.8) is 0 Å². The first-order valence-corrected chi connectivity index (χ1v) is 51.0. The number of hydrogen-bond donors (Lipinski definition) is 8. The molecule has 4 spiro atoms. The van der Waals surface area contributed by atoms with Gasteiger partial charge in [-0.05, 0) is 368 Å². The summed E-state index contributed by atoms with van der Waals surface area (Å²) in [6.07, 6.45) is 20.6. The Bertz CT molecular complexity index is 6300. The van der Waals surface area contributed by atoms with Crippen molar-refractivity contribution >= 4 is 105 Å². The lowest BCUT2D eigenvalue weighted by Crippen LogP contribution is -2.31. The van der Waals surface area contributed by atoms with Gasteiger partial charge in [0.1, 0.15) is 11.5 Å². The lowest BCUT2D eigenvalue weighted by atomic mass is 9.64. The van der Waals surface area contributed by atoms with Gasteiger partial charge in [-0.3, -0.25) is 47.9 Å². The van der Waals surface area contributed by atoms with Crippen LogP contribution < -0.4 is 52.0 Å². The number of nitrogens with one attached hydrogen (secondary N) is 8. The van der Waals surface area contributed by atoms with E-state index in [1.54, 1.807) is 48.5 Å². The summed E-state index contributed by atoms with van der Waals surface area (Å²) in [6.45, 7) is 34.8. The smallest absolute Gasteiger partial charge is 0.308 e. The molecule has 0 atom stereocenters. The van der Waals surface area contributed by atoms with Crippen LogP contribution in [0.1, 0.15) is 359 Å². The quantitative estimate of drug-likeness (QED) is 0.0592. The summed E-state index contributed by atoms with van der Waals surface area (Å²) >= 11 is 0. The van der Waals surface area contributed by atoms with Crippen molar-refractivity contribution in [2.75, 3.05) is 42.5 Å². The molecule has 4 saturated carbocycles. The number of anilines is 8. The Morgan fingerprint density at radius 3 is 0.465 bits per heavy atom. The third-order valence-electron chi connectivity index (χ3n) is 31.6. The zero-order valence-electron chi connectivity index (χ0n) is 86.4. The maximum Gasteiger partial charge on any atom is 0.308 e. The zero-order valence-corrected chi connectivity index (χ0v) is 86.4. The summed E-state index contributed by atoms with van der Waals surface area (Å²) in [4.78, 5) is 138. The molecule has 12 aromatic rings. The van der Waals surface area contributed by atoms with Crippen molar-refractivity contribution in [2.45, 2.75) is 275 Å². The van der Waals surface area contributed by atoms with Crippen LogP contribution in [0.4, 0.5) is 45.5 Å². The number of benzene rings is 12. The predicted octanol–water partition coefficient (Wildman–Crippen LogP) is 27.8. The Balaban J connectivity index is 0.000000198.